The van der Waals surface area contributed by atoms with E-state index in [1.165, 1.54) is 11.3 Å². The van der Waals surface area contributed by atoms with Crippen LogP contribution in [0.15, 0.2) is 71.1 Å². The Hall–Kier alpha value is -3.35. The summed E-state index contributed by atoms with van der Waals surface area (Å²) in [5, 5.41) is 7.85. The van der Waals surface area contributed by atoms with Crippen molar-refractivity contribution in [1.82, 2.24) is 4.98 Å². The lowest BCUT2D eigenvalue weighted by Gasteiger charge is -2.13. The molecule has 0 atom stereocenters. The Labute approximate surface area is 202 Å². The number of aryl methyl sites for hydroxylation is 2. The zero-order valence-corrected chi connectivity index (χ0v) is 20.2. The van der Waals surface area contributed by atoms with Crippen molar-refractivity contribution in [3.05, 3.63) is 93.3 Å². The Morgan fingerprint density at radius 3 is 2.55 bits per heavy atom. The molecule has 0 saturated heterocycles. The van der Waals surface area contributed by atoms with E-state index in [-0.39, 0.29) is 0 Å². The van der Waals surface area contributed by atoms with Crippen molar-refractivity contribution >= 4 is 34.3 Å². The van der Waals surface area contributed by atoms with E-state index in [2.05, 4.69) is 15.5 Å². The molecule has 4 aromatic rings. The van der Waals surface area contributed by atoms with E-state index in [1.54, 1.807) is 13.3 Å². The van der Waals surface area contributed by atoms with Crippen LogP contribution >= 0.6 is 22.9 Å². The summed E-state index contributed by atoms with van der Waals surface area (Å²) < 4.78 is 11.5. The van der Waals surface area contributed by atoms with Crippen LogP contribution in [0.5, 0.6) is 11.5 Å². The molecular weight excluding hydrogens is 454 g/mol. The van der Waals surface area contributed by atoms with Crippen molar-refractivity contribution in [3.63, 3.8) is 0 Å². The van der Waals surface area contributed by atoms with Gasteiger partial charge in [-0.3, -0.25) is 5.43 Å². The summed E-state index contributed by atoms with van der Waals surface area (Å²) in [6, 6.07) is 19.8. The van der Waals surface area contributed by atoms with Gasteiger partial charge < -0.3 is 9.47 Å². The van der Waals surface area contributed by atoms with Gasteiger partial charge in [-0.05, 0) is 60.9 Å². The molecule has 33 heavy (non-hydrogen) atoms. The number of methoxy groups -OCH3 is 1. The van der Waals surface area contributed by atoms with Crippen molar-refractivity contribution in [2.45, 2.75) is 20.5 Å². The van der Waals surface area contributed by atoms with Crippen molar-refractivity contribution in [2.24, 2.45) is 5.10 Å². The van der Waals surface area contributed by atoms with E-state index < -0.39 is 0 Å². The van der Waals surface area contributed by atoms with Gasteiger partial charge in [0.1, 0.15) is 18.1 Å². The molecule has 0 aliphatic carbocycles. The number of thiazole rings is 1. The van der Waals surface area contributed by atoms with Crippen molar-refractivity contribution in [1.29, 1.82) is 0 Å². The first-order valence-corrected chi connectivity index (χ1v) is 11.7. The zero-order valence-electron chi connectivity index (χ0n) is 18.6. The van der Waals surface area contributed by atoms with E-state index in [0.717, 1.165) is 55.2 Å². The Morgan fingerprint density at radius 2 is 1.82 bits per heavy atom. The van der Waals surface area contributed by atoms with Gasteiger partial charge in [0.15, 0.2) is 0 Å². The zero-order chi connectivity index (χ0) is 23.2. The summed E-state index contributed by atoms with van der Waals surface area (Å²) in [5.41, 5.74) is 8.84. The first kappa shape index (κ1) is 22.8. The number of nitrogens with one attached hydrogen (secondary N) is 1. The molecule has 0 radical (unpaired) electrons. The van der Waals surface area contributed by atoms with Crippen molar-refractivity contribution in [2.75, 3.05) is 12.5 Å². The Balaban J connectivity index is 1.43. The number of aromatic nitrogens is 1. The van der Waals surface area contributed by atoms with Crippen LogP contribution in [-0.2, 0) is 6.61 Å². The standard InChI is InChI=1S/C26H24ClN3O2S/c1-17-11-22(12-18(2)25(17)27)32-15-21-13-19(9-10-24(21)31-3)14-28-30-26-29-23(16-33-26)20-7-5-4-6-8-20/h4-14,16H,15H2,1-3H3,(H,29,30). The topological polar surface area (TPSA) is 55.7 Å². The molecule has 168 valence electrons. The fourth-order valence-corrected chi connectivity index (χ4v) is 4.15. The number of nitrogens with zero attached hydrogens (tertiary/aromatic N) is 2. The maximum absolute atomic E-state index is 6.26. The quantitative estimate of drug-likeness (QED) is 0.217. The summed E-state index contributed by atoms with van der Waals surface area (Å²) in [5.74, 6) is 1.53. The molecule has 7 heteroatoms. The third kappa shape index (κ3) is 5.72. The van der Waals surface area contributed by atoms with Gasteiger partial charge in [0, 0.05) is 21.5 Å². The highest BCUT2D eigenvalue weighted by atomic mass is 35.5. The molecule has 0 spiro atoms. The van der Waals surface area contributed by atoms with Gasteiger partial charge in [-0.1, -0.05) is 41.9 Å². The minimum atomic E-state index is 0.367. The lowest BCUT2D eigenvalue weighted by Crippen LogP contribution is -2.01. The van der Waals surface area contributed by atoms with E-state index in [4.69, 9.17) is 21.1 Å². The van der Waals surface area contributed by atoms with Crippen LogP contribution in [-0.4, -0.2) is 18.3 Å². The van der Waals surface area contributed by atoms with Crippen LogP contribution in [0.4, 0.5) is 5.13 Å². The van der Waals surface area contributed by atoms with E-state index >= 15 is 0 Å². The molecule has 1 aromatic heterocycles. The number of hydrogen-bond donors (Lipinski definition) is 1. The number of rotatable bonds is 8. The minimum absolute atomic E-state index is 0.367. The highest BCUT2D eigenvalue weighted by Crippen LogP contribution is 2.28. The molecule has 0 unspecified atom stereocenters. The normalized spacial score (nSPS) is 11.0. The molecule has 3 aromatic carbocycles. The fourth-order valence-electron chi connectivity index (χ4n) is 3.37. The van der Waals surface area contributed by atoms with Gasteiger partial charge in [-0.2, -0.15) is 5.10 Å². The van der Waals surface area contributed by atoms with Gasteiger partial charge in [-0.15, -0.1) is 11.3 Å². The molecular formula is C26H24ClN3O2S. The summed E-state index contributed by atoms with van der Waals surface area (Å²) in [6.07, 6.45) is 1.75. The average Bonchev–Trinajstić information content (AvgIpc) is 3.31. The van der Waals surface area contributed by atoms with Gasteiger partial charge in [0.25, 0.3) is 0 Å². The van der Waals surface area contributed by atoms with Crippen LogP contribution in [0.2, 0.25) is 5.02 Å². The molecule has 0 saturated carbocycles. The summed E-state index contributed by atoms with van der Waals surface area (Å²) in [4.78, 5) is 4.58. The van der Waals surface area contributed by atoms with Crippen LogP contribution in [0.3, 0.4) is 0 Å². The number of halogens is 1. The molecule has 0 amide bonds. The molecule has 0 fully saturated rings. The molecule has 0 bridgehead atoms. The number of anilines is 1. The van der Waals surface area contributed by atoms with Crippen molar-refractivity contribution in [3.8, 4) is 22.8 Å². The SMILES string of the molecule is COc1ccc(C=NNc2nc(-c3ccccc3)cs2)cc1COc1cc(C)c(Cl)c(C)c1. The second-order valence-electron chi connectivity index (χ2n) is 7.50. The number of ether oxygens (including phenoxy) is 2. The maximum Gasteiger partial charge on any atom is 0.203 e. The van der Waals surface area contributed by atoms with Crippen LogP contribution in [0, 0.1) is 13.8 Å². The summed E-state index contributed by atoms with van der Waals surface area (Å²) >= 11 is 7.77. The highest BCUT2D eigenvalue weighted by molar-refractivity contribution is 7.14. The van der Waals surface area contributed by atoms with E-state index in [1.807, 2.05) is 79.9 Å². The van der Waals surface area contributed by atoms with Crippen LogP contribution in [0.1, 0.15) is 22.3 Å². The molecule has 1 heterocycles. The molecule has 0 aliphatic rings. The van der Waals surface area contributed by atoms with Gasteiger partial charge >= 0.3 is 0 Å². The number of benzene rings is 3. The third-order valence-corrected chi connectivity index (χ3v) is 6.40. The predicted molar refractivity (Wildman–Crippen MR) is 137 cm³/mol. The van der Waals surface area contributed by atoms with Gasteiger partial charge in [0.05, 0.1) is 19.0 Å². The lowest BCUT2D eigenvalue weighted by atomic mass is 10.1. The van der Waals surface area contributed by atoms with Gasteiger partial charge in [-0.25, -0.2) is 4.98 Å². The lowest BCUT2D eigenvalue weighted by molar-refractivity contribution is 0.296. The second kappa shape index (κ2) is 10.5. The Kier molecular flexibility index (Phi) is 7.27. The van der Waals surface area contributed by atoms with E-state index in [0.29, 0.717) is 6.61 Å². The van der Waals surface area contributed by atoms with Gasteiger partial charge in [0.2, 0.25) is 5.13 Å². The molecule has 4 rings (SSSR count). The third-order valence-electron chi connectivity index (χ3n) is 5.06. The first-order valence-electron chi connectivity index (χ1n) is 10.4. The maximum atomic E-state index is 6.26. The van der Waals surface area contributed by atoms with Crippen LogP contribution in [0.25, 0.3) is 11.3 Å². The first-order chi connectivity index (χ1) is 16.0. The highest BCUT2D eigenvalue weighted by Gasteiger charge is 2.08. The smallest absolute Gasteiger partial charge is 0.203 e. The minimum Gasteiger partial charge on any atom is -0.496 e. The fraction of sp³-hybridized carbons (Fsp3) is 0.154. The number of hydrogen-bond acceptors (Lipinski definition) is 6. The Bertz CT molecular complexity index is 1250. The summed E-state index contributed by atoms with van der Waals surface area (Å²) in [7, 11) is 1.65. The van der Waals surface area contributed by atoms with Crippen LogP contribution < -0.4 is 14.9 Å². The van der Waals surface area contributed by atoms with Crippen molar-refractivity contribution < 1.29 is 9.47 Å². The predicted octanol–water partition coefficient (Wildman–Crippen LogP) is 7.11. The molecule has 1 N–H and O–H groups in total. The largest absolute Gasteiger partial charge is 0.496 e. The summed E-state index contributed by atoms with van der Waals surface area (Å²) in [6.45, 7) is 4.31. The second-order valence-corrected chi connectivity index (χ2v) is 8.74. The average molecular weight is 478 g/mol. The molecule has 5 nitrogen and oxygen atoms in total. The van der Waals surface area contributed by atoms with E-state index in [9.17, 15) is 0 Å². The number of hydrazone groups is 1. The molecule has 0 aliphatic heterocycles. The monoisotopic (exact) mass is 477 g/mol. The Morgan fingerprint density at radius 1 is 1.06 bits per heavy atom.